The summed E-state index contributed by atoms with van der Waals surface area (Å²) < 4.78 is 15.9. The van der Waals surface area contributed by atoms with Crippen LogP contribution in [0.15, 0.2) is 36.4 Å². The van der Waals surface area contributed by atoms with Crippen molar-refractivity contribution >= 4 is 5.78 Å². The molecule has 0 unspecified atom stereocenters. The quantitative estimate of drug-likeness (QED) is 0.767. The van der Waals surface area contributed by atoms with Crippen LogP contribution in [-0.2, 0) is 0 Å². The lowest BCUT2D eigenvalue weighted by molar-refractivity contribution is 0.0916. The minimum Gasteiger partial charge on any atom is -0.496 e. The number of carbonyl (C=O) groups excluding carboxylic acids is 1. The number of ketones is 1. The molecule has 2 aromatic rings. The Morgan fingerprint density at radius 1 is 1.04 bits per heavy atom. The number of carbonyl (C=O) groups is 1. The van der Waals surface area contributed by atoms with Crippen LogP contribution in [-0.4, -0.2) is 26.6 Å². The first kappa shape index (κ1) is 16.4. The smallest absolute Gasteiger partial charge is 0.203 e. The normalized spacial score (nSPS) is 9.83. The van der Waals surface area contributed by atoms with Crippen molar-refractivity contribution in [3.8, 4) is 23.3 Å². The molecule has 5 heteroatoms. The third-order valence-corrected chi connectivity index (χ3v) is 3.31. The average Bonchev–Trinajstić information content (AvgIpc) is 2.59. The van der Waals surface area contributed by atoms with Crippen molar-refractivity contribution in [3.63, 3.8) is 0 Å². The van der Waals surface area contributed by atoms with Crippen molar-refractivity contribution in [3.05, 3.63) is 53.1 Å². The second-order valence-electron chi connectivity index (χ2n) is 4.89. The summed E-state index contributed by atoms with van der Waals surface area (Å²) in [7, 11) is 3.00. The van der Waals surface area contributed by atoms with Crippen LogP contribution < -0.4 is 14.2 Å². The van der Waals surface area contributed by atoms with Crippen LogP contribution in [0.25, 0.3) is 0 Å². The standard InChI is InChI=1S/C18H17NO4/c1-12-4-6-16(21-2)14(8-12)15(20)11-23-17-7-5-13(10-19)9-18(17)22-3/h4-9H,11H2,1-3H3. The van der Waals surface area contributed by atoms with E-state index in [0.29, 0.717) is 28.4 Å². The zero-order chi connectivity index (χ0) is 16.8. The molecule has 0 N–H and O–H groups in total. The molecule has 0 fully saturated rings. The predicted molar refractivity (Wildman–Crippen MR) is 85.3 cm³/mol. The number of hydrogen-bond donors (Lipinski definition) is 0. The van der Waals surface area contributed by atoms with Crippen LogP contribution >= 0.6 is 0 Å². The first-order valence-electron chi connectivity index (χ1n) is 6.97. The van der Waals surface area contributed by atoms with Crippen molar-refractivity contribution < 1.29 is 19.0 Å². The Morgan fingerprint density at radius 3 is 2.39 bits per heavy atom. The van der Waals surface area contributed by atoms with Crippen LogP contribution in [0.2, 0.25) is 0 Å². The molecule has 23 heavy (non-hydrogen) atoms. The van der Waals surface area contributed by atoms with E-state index in [0.717, 1.165) is 5.56 Å². The van der Waals surface area contributed by atoms with Crippen molar-refractivity contribution in [2.75, 3.05) is 20.8 Å². The van der Waals surface area contributed by atoms with Gasteiger partial charge in [0.25, 0.3) is 0 Å². The van der Waals surface area contributed by atoms with Gasteiger partial charge in [0.05, 0.1) is 31.4 Å². The number of rotatable bonds is 6. The molecule has 0 heterocycles. The molecular weight excluding hydrogens is 294 g/mol. The number of nitrogens with zero attached hydrogens (tertiary/aromatic N) is 1. The highest BCUT2D eigenvalue weighted by Gasteiger charge is 2.15. The molecule has 0 spiro atoms. The molecule has 0 saturated heterocycles. The minimum atomic E-state index is -0.197. The van der Waals surface area contributed by atoms with Gasteiger partial charge < -0.3 is 14.2 Å². The Balaban J connectivity index is 2.17. The monoisotopic (exact) mass is 311 g/mol. The van der Waals surface area contributed by atoms with Crippen LogP contribution in [0.4, 0.5) is 0 Å². The first-order chi connectivity index (χ1) is 11.1. The van der Waals surface area contributed by atoms with Gasteiger partial charge >= 0.3 is 0 Å². The Bertz CT molecular complexity index is 762. The summed E-state index contributed by atoms with van der Waals surface area (Å²) in [6.45, 7) is 1.75. The molecule has 0 saturated carbocycles. The van der Waals surface area contributed by atoms with Crippen LogP contribution in [0.5, 0.6) is 17.2 Å². The maximum atomic E-state index is 12.4. The summed E-state index contributed by atoms with van der Waals surface area (Å²) in [5.74, 6) is 1.13. The molecule has 0 bridgehead atoms. The van der Waals surface area contributed by atoms with Gasteiger partial charge in [-0.2, -0.15) is 5.26 Å². The predicted octanol–water partition coefficient (Wildman–Crippen LogP) is 3.15. The number of hydrogen-bond acceptors (Lipinski definition) is 5. The second kappa shape index (κ2) is 7.32. The fourth-order valence-electron chi connectivity index (χ4n) is 2.12. The number of nitriles is 1. The maximum absolute atomic E-state index is 12.4. The number of benzene rings is 2. The topological polar surface area (TPSA) is 68.5 Å². The van der Waals surface area contributed by atoms with E-state index in [1.54, 1.807) is 30.3 Å². The molecule has 0 aliphatic rings. The zero-order valence-electron chi connectivity index (χ0n) is 13.3. The van der Waals surface area contributed by atoms with Gasteiger partial charge in [0.2, 0.25) is 5.78 Å². The van der Waals surface area contributed by atoms with E-state index in [-0.39, 0.29) is 12.4 Å². The molecule has 2 rings (SSSR count). The van der Waals surface area contributed by atoms with Gasteiger partial charge in [0.1, 0.15) is 5.75 Å². The van der Waals surface area contributed by atoms with Crippen LogP contribution in [0.1, 0.15) is 21.5 Å². The van der Waals surface area contributed by atoms with E-state index in [4.69, 9.17) is 19.5 Å². The van der Waals surface area contributed by atoms with E-state index in [9.17, 15) is 4.79 Å². The first-order valence-corrected chi connectivity index (χ1v) is 6.97. The largest absolute Gasteiger partial charge is 0.496 e. The Hall–Kier alpha value is -3.00. The number of Topliss-reactive ketones (excluding diaryl/α,β-unsaturated/α-hetero) is 1. The molecule has 2 aromatic carbocycles. The average molecular weight is 311 g/mol. The van der Waals surface area contributed by atoms with E-state index in [1.807, 2.05) is 19.1 Å². The molecule has 118 valence electrons. The number of aryl methyl sites for hydroxylation is 1. The van der Waals surface area contributed by atoms with Gasteiger partial charge in [-0.25, -0.2) is 0 Å². The van der Waals surface area contributed by atoms with Crippen molar-refractivity contribution in [1.29, 1.82) is 5.26 Å². The van der Waals surface area contributed by atoms with Gasteiger partial charge in [-0.05, 0) is 31.2 Å². The fourth-order valence-corrected chi connectivity index (χ4v) is 2.12. The highest BCUT2D eigenvalue weighted by Crippen LogP contribution is 2.28. The molecule has 0 aromatic heterocycles. The molecule has 0 radical (unpaired) electrons. The number of methoxy groups -OCH3 is 2. The minimum absolute atomic E-state index is 0.151. The molecule has 0 amide bonds. The fraction of sp³-hybridized carbons (Fsp3) is 0.222. The van der Waals surface area contributed by atoms with E-state index >= 15 is 0 Å². The van der Waals surface area contributed by atoms with Crippen LogP contribution in [0, 0.1) is 18.3 Å². The van der Waals surface area contributed by atoms with E-state index < -0.39 is 0 Å². The summed E-state index contributed by atoms with van der Waals surface area (Å²) in [5.41, 5.74) is 1.89. The Labute approximate surface area is 135 Å². The van der Waals surface area contributed by atoms with Crippen molar-refractivity contribution in [1.82, 2.24) is 0 Å². The SMILES string of the molecule is COc1cc(C#N)ccc1OCC(=O)c1cc(C)ccc1OC. The van der Waals surface area contributed by atoms with Gasteiger partial charge in [-0.1, -0.05) is 11.6 Å². The third-order valence-electron chi connectivity index (χ3n) is 3.31. The summed E-state index contributed by atoms with van der Waals surface area (Å²) in [4.78, 5) is 12.4. The van der Waals surface area contributed by atoms with Crippen molar-refractivity contribution in [2.24, 2.45) is 0 Å². The highest BCUT2D eigenvalue weighted by atomic mass is 16.5. The second-order valence-corrected chi connectivity index (χ2v) is 4.89. The summed E-state index contributed by atoms with van der Waals surface area (Å²) in [5, 5.41) is 8.88. The summed E-state index contributed by atoms with van der Waals surface area (Å²) >= 11 is 0. The summed E-state index contributed by atoms with van der Waals surface area (Å²) in [6.07, 6.45) is 0. The lowest BCUT2D eigenvalue weighted by Crippen LogP contribution is -2.13. The maximum Gasteiger partial charge on any atom is 0.203 e. The molecule has 0 aliphatic carbocycles. The van der Waals surface area contributed by atoms with Crippen LogP contribution in [0.3, 0.4) is 0 Å². The molecule has 0 atom stereocenters. The Kier molecular flexibility index (Phi) is 5.21. The lowest BCUT2D eigenvalue weighted by Gasteiger charge is -2.12. The van der Waals surface area contributed by atoms with Gasteiger partial charge in [0, 0.05) is 6.07 Å². The third kappa shape index (κ3) is 3.80. The van der Waals surface area contributed by atoms with Gasteiger partial charge in [-0.15, -0.1) is 0 Å². The highest BCUT2D eigenvalue weighted by molar-refractivity contribution is 6.00. The molecular formula is C18H17NO4. The molecule has 0 aliphatic heterocycles. The zero-order valence-corrected chi connectivity index (χ0v) is 13.3. The lowest BCUT2D eigenvalue weighted by atomic mass is 10.1. The van der Waals surface area contributed by atoms with E-state index in [1.165, 1.54) is 14.2 Å². The Morgan fingerprint density at radius 2 is 1.74 bits per heavy atom. The van der Waals surface area contributed by atoms with Gasteiger partial charge in [0.15, 0.2) is 18.1 Å². The van der Waals surface area contributed by atoms with Gasteiger partial charge in [-0.3, -0.25) is 4.79 Å². The van der Waals surface area contributed by atoms with E-state index in [2.05, 4.69) is 0 Å². The number of ether oxygens (including phenoxy) is 3. The summed E-state index contributed by atoms with van der Waals surface area (Å²) in [6, 6.07) is 12.2. The van der Waals surface area contributed by atoms with Crippen molar-refractivity contribution in [2.45, 2.75) is 6.92 Å². The molecule has 5 nitrogen and oxygen atoms in total.